The van der Waals surface area contributed by atoms with Gasteiger partial charge in [-0.05, 0) is 37.1 Å². The summed E-state index contributed by atoms with van der Waals surface area (Å²) in [6.45, 7) is 0.572. The lowest BCUT2D eigenvalue weighted by Gasteiger charge is -2.33. The average Bonchev–Trinajstić information content (AvgIpc) is 3.19. The molecule has 1 unspecified atom stereocenters. The van der Waals surface area contributed by atoms with Gasteiger partial charge in [-0.15, -0.1) is 0 Å². The van der Waals surface area contributed by atoms with Gasteiger partial charge in [0, 0.05) is 24.8 Å². The maximum atomic E-state index is 12.9. The number of amides is 1. The fourth-order valence-electron chi connectivity index (χ4n) is 2.83. The molecule has 1 saturated heterocycles. The van der Waals surface area contributed by atoms with Crippen molar-refractivity contribution in [2.75, 3.05) is 19.8 Å². The van der Waals surface area contributed by atoms with Crippen LogP contribution >= 0.6 is 0 Å². The van der Waals surface area contributed by atoms with Crippen molar-refractivity contribution in [3.05, 3.63) is 29.8 Å². The van der Waals surface area contributed by atoms with Gasteiger partial charge in [-0.3, -0.25) is 9.59 Å². The summed E-state index contributed by atoms with van der Waals surface area (Å²) >= 11 is 0. The van der Waals surface area contributed by atoms with E-state index >= 15 is 0 Å². The van der Waals surface area contributed by atoms with Crippen molar-refractivity contribution in [3.63, 3.8) is 0 Å². The molecule has 8 heteroatoms. The molecule has 1 aliphatic carbocycles. The molecule has 6 nitrogen and oxygen atoms in total. The number of carboxylic acid groups (broad SMARTS) is 1. The second-order valence-corrected chi connectivity index (χ2v) is 6.27. The van der Waals surface area contributed by atoms with E-state index in [-0.39, 0.29) is 18.2 Å². The molecule has 2 aliphatic rings. The van der Waals surface area contributed by atoms with Crippen molar-refractivity contribution in [1.29, 1.82) is 0 Å². The van der Waals surface area contributed by atoms with Gasteiger partial charge in [-0.1, -0.05) is 0 Å². The van der Waals surface area contributed by atoms with Crippen LogP contribution in [0.5, 0.6) is 5.75 Å². The Bertz CT molecular complexity index is 643. The Balaban J connectivity index is 1.69. The lowest BCUT2D eigenvalue weighted by Crippen LogP contribution is -2.46. The quantitative estimate of drug-likeness (QED) is 0.846. The largest absolute Gasteiger partial charge is 0.484 e. The third kappa shape index (κ3) is 4.25. The van der Waals surface area contributed by atoms with E-state index in [1.54, 1.807) is 0 Å². The molecular weight excluding hydrogens is 336 g/mol. The summed E-state index contributed by atoms with van der Waals surface area (Å²) in [5.74, 6) is -4.02. The molecule has 3 rings (SSSR count). The van der Waals surface area contributed by atoms with E-state index in [0.29, 0.717) is 31.6 Å². The highest BCUT2D eigenvalue weighted by atomic mass is 19.3. The van der Waals surface area contributed by atoms with Crippen molar-refractivity contribution >= 4 is 11.9 Å². The summed E-state index contributed by atoms with van der Waals surface area (Å²) in [5, 5.41) is 9.09. The van der Waals surface area contributed by atoms with E-state index in [2.05, 4.69) is 0 Å². The van der Waals surface area contributed by atoms with Crippen LogP contribution in [0.4, 0.5) is 8.78 Å². The van der Waals surface area contributed by atoms with Gasteiger partial charge in [-0.25, -0.2) is 8.78 Å². The van der Waals surface area contributed by atoms with Crippen LogP contribution in [-0.4, -0.2) is 59.7 Å². The Morgan fingerprint density at radius 1 is 1.24 bits per heavy atom. The number of rotatable bonds is 6. The number of nitrogens with zero attached hydrogens (tertiary/aromatic N) is 1. The van der Waals surface area contributed by atoms with Gasteiger partial charge < -0.3 is 19.5 Å². The smallest absolute Gasteiger partial charge is 0.323 e. The number of hydrogen-bond acceptors (Lipinski definition) is 4. The Hall–Kier alpha value is -2.22. The summed E-state index contributed by atoms with van der Waals surface area (Å²) in [6.07, 6.45) is -0.252. The van der Waals surface area contributed by atoms with Gasteiger partial charge >= 0.3 is 5.97 Å². The monoisotopic (exact) mass is 355 g/mol. The number of aliphatic carboxylic acids is 1. The number of ether oxygens (including phenoxy) is 2. The molecule has 136 valence electrons. The van der Waals surface area contributed by atoms with Gasteiger partial charge in [-0.2, -0.15) is 0 Å². The molecule has 0 spiro atoms. The molecule has 1 saturated carbocycles. The van der Waals surface area contributed by atoms with E-state index in [1.807, 2.05) is 0 Å². The highest BCUT2D eigenvalue weighted by Crippen LogP contribution is 2.44. The molecule has 1 aromatic carbocycles. The van der Waals surface area contributed by atoms with Gasteiger partial charge in [0.05, 0.1) is 6.42 Å². The molecule has 0 bridgehead atoms. The number of carboxylic acids is 1. The van der Waals surface area contributed by atoms with E-state index in [4.69, 9.17) is 14.6 Å². The topological polar surface area (TPSA) is 76.1 Å². The first-order chi connectivity index (χ1) is 11.9. The first kappa shape index (κ1) is 17.6. The summed E-state index contributed by atoms with van der Waals surface area (Å²) in [5.41, 5.74) is 0.294. The van der Waals surface area contributed by atoms with E-state index in [0.717, 1.165) is 0 Å². The van der Waals surface area contributed by atoms with Gasteiger partial charge in [0.15, 0.2) is 6.10 Å². The van der Waals surface area contributed by atoms with Crippen LogP contribution in [0.15, 0.2) is 24.3 Å². The lowest BCUT2D eigenvalue weighted by molar-refractivity contribution is -0.138. The first-order valence-electron chi connectivity index (χ1n) is 8.12. The summed E-state index contributed by atoms with van der Waals surface area (Å²) in [7, 11) is 0. The Labute approximate surface area is 143 Å². The minimum atomic E-state index is -2.78. The molecule has 1 atom stereocenters. The van der Waals surface area contributed by atoms with Crippen molar-refractivity contribution in [2.45, 2.75) is 37.3 Å². The predicted molar refractivity (Wildman–Crippen MR) is 82.9 cm³/mol. The summed E-state index contributed by atoms with van der Waals surface area (Å²) in [4.78, 5) is 25.1. The number of hydrogen-bond donors (Lipinski definition) is 1. The second kappa shape index (κ2) is 6.95. The minimum absolute atomic E-state index is 0.196. The highest BCUT2D eigenvalue weighted by molar-refractivity contribution is 5.96. The zero-order valence-corrected chi connectivity index (χ0v) is 13.5. The normalized spacial score (nSPS) is 22.2. The molecule has 2 fully saturated rings. The molecular formula is C17H19F2NO5. The molecule has 0 aromatic heterocycles. The third-order valence-electron chi connectivity index (χ3n) is 4.35. The highest BCUT2D eigenvalue weighted by Gasteiger charge is 2.59. The van der Waals surface area contributed by atoms with Gasteiger partial charge in [0.25, 0.3) is 11.8 Å². The maximum Gasteiger partial charge on any atom is 0.323 e. The van der Waals surface area contributed by atoms with E-state index < -0.39 is 30.4 Å². The number of benzene rings is 1. The van der Waals surface area contributed by atoms with Crippen molar-refractivity contribution in [1.82, 2.24) is 4.90 Å². The summed E-state index contributed by atoms with van der Waals surface area (Å²) < 4.78 is 36.1. The fourth-order valence-corrected chi connectivity index (χ4v) is 2.83. The van der Waals surface area contributed by atoms with Gasteiger partial charge in [0.1, 0.15) is 12.3 Å². The van der Waals surface area contributed by atoms with Crippen LogP contribution in [0.3, 0.4) is 0 Å². The molecule has 1 amide bonds. The SMILES string of the molecule is O=C(O)CN(C(=O)c1ccc(OC2CC2(F)F)cc1)C1CCOCC1. The maximum absolute atomic E-state index is 12.9. The van der Waals surface area contributed by atoms with E-state index in [9.17, 15) is 18.4 Å². The fraction of sp³-hybridized carbons (Fsp3) is 0.529. The van der Waals surface area contributed by atoms with Crippen LogP contribution in [-0.2, 0) is 9.53 Å². The Morgan fingerprint density at radius 3 is 2.36 bits per heavy atom. The van der Waals surface area contributed by atoms with E-state index in [1.165, 1.54) is 29.2 Å². The van der Waals surface area contributed by atoms with Crippen molar-refractivity contribution < 1.29 is 33.0 Å². The molecule has 1 N–H and O–H groups in total. The van der Waals surface area contributed by atoms with Crippen LogP contribution in [0, 0.1) is 0 Å². The average molecular weight is 355 g/mol. The molecule has 25 heavy (non-hydrogen) atoms. The zero-order valence-electron chi connectivity index (χ0n) is 13.5. The van der Waals surface area contributed by atoms with Crippen molar-refractivity contribution in [3.8, 4) is 5.75 Å². The Morgan fingerprint density at radius 2 is 1.84 bits per heavy atom. The summed E-state index contributed by atoms with van der Waals surface area (Å²) in [6, 6.07) is 5.63. The standard InChI is InChI=1S/C17H19F2NO5/c18-17(19)9-14(17)25-13-3-1-11(2-4-13)16(23)20(10-15(21)22)12-5-7-24-8-6-12/h1-4,12,14H,5-10H2,(H,21,22). The minimum Gasteiger partial charge on any atom is -0.484 e. The van der Waals surface area contributed by atoms with Crippen LogP contribution in [0.25, 0.3) is 0 Å². The van der Waals surface area contributed by atoms with Crippen LogP contribution in [0.2, 0.25) is 0 Å². The Kier molecular flexibility index (Phi) is 4.89. The zero-order chi connectivity index (χ0) is 18.0. The predicted octanol–water partition coefficient (Wildman–Crippen LogP) is 2.18. The molecule has 0 radical (unpaired) electrons. The lowest BCUT2D eigenvalue weighted by atomic mass is 10.1. The van der Waals surface area contributed by atoms with Gasteiger partial charge in [0.2, 0.25) is 0 Å². The third-order valence-corrected chi connectivity index (χ3v) is 4.35. The van der Waals surface area contributed by atoms with Crippen molar-refractivity contribution in [2.24, 2.45) is 0 Å². The molecule has 1 aromatic rings. The molecule has 1 heterocycles. The number of alkyl halides is 2. The number of carbonyl (C=O) groups excluding carboxylic acids is 1. The first-order valence-corrected chi connectivity index (χ1v) is 8.12. The number of carbonyl (C=O) groups is 2. The second-order valence-electron chi connectivity index (χ2n) is 6.27. The molecule has 1 aliphatic heterocycles. The number of halogens is 2. The van der Waals surface area contributed by atoms with Crippen LogP contribution < -0.4 is 4.74 Å². The van der Waals surface area contributed by atoms with Crippen LogP contribution in [0.1, 0.15) is 29.6 Å².